The molecule has 0 radical (unpaired) electrons. The summed E-state index contributed by atoms with van der Waals surface area (Å²) in [6.45, 7) is 1.22. The topological polar surface area (TPSA) is 52.9 Å². The van der Waals surface area contributed by atoms with Gasteiger partial charge in [0.25, 0.3) is 5.56 Å². The molecule has 2 aliphatic rings. The number of nitrogens with zero attached hydrogens (tertiary/aromatic N) is 2. The summed E-state index contributed by atoms with van der Waals surface area (Å²) in [4.78, 5) is 12.8. The molecule has 1 fully saturated rings. The van der Waals surface area contributed by atoms with Gasteiger partial charge in [-0.3, -0.25) is 9.48 Å². The molecule has 2 heterocycles. The third-order valence-electron chi connectivity index (χ3n) is 5.07. The molecule has 0 amide bonds. The van der Waals surface area contributed by atoms with E-state index in [-0.39, 0.29) is 27.5 Å². The Balaban J connectivity index is 1.77. The fraction of sp³-hybridized carbons (Fsp3) is 0.471. The second kappa shape index (κ2) is 5.62. The first-order valence-electron chi connectivity index (χ1n) is 8.19. The molecule has 1 aliphatic carbocycles. The molecular formula is C17H18ClF2N3O. The van der Waals surface area contributed by atoms with Gasteiger partial charge in [-0.25, -0.2) is 13.5 Å². The molecule has 1 aromatic carbocycles. The number of hydrogen-bond acceptors (Lipinski definition) is 2. The molecule has 1 saturated carbocycles. The number of rotatable bonds is 3. The molecule has 1 aliphatic heterocycles. The quantitative estimate of drug-likeness (QED) is 0.856. The fourth-order valence-corrected chi connectivity index (χ4v) is 3.96. The van der Waals surface area contributed by atoms with Gasteiger partial charge in [0.2, 0.25) is 0 Å². The Kier molecular flexibility index (Phi) is 3.67. The van der Waals surface area contributed by atoms with E-state index in [9.17, 15) is 13.6 Å². The molecule has 1 aromatic heterocycles. The SMILES string of the molecule is Nc1cc(-c2c(Cl)n3n(c2=O)CC(CC2CC2)CC3)c(F)cc1F. The van der Waals surface area contributed by atoms with E-state index >= 15 is 0 Å². The lowest BCUT2D eigenvalue weighted by molar-refractivity contribution is 0.243. The number of halogens is 3. The Morgan fingerprint density at radius 2 is 1.88 bits per heavy atom. The lowest BCUT2D eigenvalue weighted by Crippen LogP contribution is -2.32. The van der Waals surface area contributed by atoms with Gasteiger partial charge >= 0.3 is 0 Å². The minimum atomic E-state index is -0.846. The molecule has 24 heavy (non-hydrogen) atoms. The Morgan fingerprint density at radius 3 is 2.58 bits per heavy atom. The van der Waals surface area contributed by atoms with Gasteiger partial charge in [-0.1, -0.05) is 24.4 Å². The van der Waals surface area contributed by atoms with Crippen LogP contribution in [0.1, 0.15) is 25.7 Å². The summed E-state index contributed by atoms with van der Waals surface area (Å²) in [7, 11) is 0. The van der Waals surface area contributed by atoms with Crippen LogP contribution in [0.5, 0.6) is 0 Å². The van der Waals surface area contributed by atoms with Crippen molar-refractivity contribution in [1.29, 1.82) is 0 Å². The molecule has 0 spiro atoms. The number of hydrogen-bond donors (Lipinski definition) is 1. The van der Waals surface area contributed by atoms with Crippen LogP contribution in [0.3, 0.4) is 0 Å². The van der Waals surface area contributed by atoms with E-state index in [1.807, 2.05) is 0 Å². The van der Waals surface area contributed by atoms with Crippen LogP contribution in [0.2, 0.25) is 5.15 Å². The molecule has 1 unspecified atom stereocenters. The highest BCUT2D eigenvalue weighted by molar-refractivity contribution is 6.32. The van der Waals surface area contributed by atoms with Crippen LogP contribution in [0.15, 0.2) is 16.9 Å². The van der Waals surface area contributed by atoms with Crippen molar-refractivity contribution in [3.05, 3.63) is 39.3 Å². The van der Waals surface area contributed by atoms with Gasteiger partial charge in [0.05, 0.1) is 11.3 Å². The summed E-state index contributed by atoms with van der Waals surface area (Å²) in [6.07, 6.45) is 4.64. The maximum absolute atomic E-state index is 14.2. The molecule has 128 valence electrons. The van der Waals surface area contributed by atoms with Gasteiger partial charge in [-0.15, -0.1) is 0 Å². The van der Waals surface area contributed by atoms with Gasteiger partial charge in [-0.05, 0) is 30.7 Å². The highest BCUT2D eigenvalue weighted by atomic mass is 35.5. The van der Waals surface area contributed by atoms with E-state index in [0.29, 0.717) is 25.1 Å². The number of anilines is 1. The summed E-state index contributed by atoms with van der Waals surface area (Å²) in [5.41, 5.74) is 5.00. The third kappa shape index (κ3) is 2.53. The number of aromatic nitrogens is 2. The normalized spacial score (nSPS) is 20.2. The minimum absolute atomic E-state index is 0.0444. The maximum Gasteiger partial charge on any atom is 0.276 e. The Bertz CT molecular complexity index is 870. The lowest BCUT2D eigenvalue weighted by Gasteiger charge is -2.26. The fourth-order valence-electron chi connectivity index (χ4n) is 3.60. The minimum Gasteiger partial charge on any atom is -0.396 e. The van der Waals surface area contributed by atoms with Crippen LogP contribution in [-0.2, 0) is 13.1 Å². The van der Waals surface area contributed by atoms with E-state index in [1.165, 1.54) is 12.8 Å². The molecule has 4 rings (SSSR count). The predicted octanol–water partition coefficient (Wildman–Crippen LogP) is 3.65. The van der Waals surface area contributed by atoms with Gasteiger partial charge in [0.15, 0.2) is 0 Å². The van der Waals surface area contributed by atoms with E-state index in [1.54, 1.807) is 9.36 Å². The highest BCUT2D eigenvalue weighted by Gasteiger charge is 2.31. The molecule has 4 nitrogen and oxygen atoms in total. The van der Waals surface area contributed by atoms with E-state index in [4.69, 9.17) is 17.3 Å². The third-order valence-corrected chi connectivity index (χ3v) is 5.46. The maximum atomic E-state index is 14.2. The molecule has 1 atom stereocenters. The number of nitrogen functional groups attached to an aromatic ring is 1. The zero-order valence-corrected chi connectivity index (χ0v) is 13.8. The lowest BCUT2D eigenvalue weighted by atomic mass is 9.97. The van der Waals surface area contributed by atoms with Crippen LogP contribution < -0.4 is 11.3 Å². The van der Waals surface area contributed by atoms with Crippen LogP contribution in [-0.4, -0.2) is 9.36 Å². The van der Waals surface area contributed by atoms with Gasteiger partial charge < -0.3 is 5.73 Å². The first kappa shape index (κ1) is 15.7. The standard InChI is InChI=1S/C17H18ClF2N3O/c18-16-15(11-6-14(21)13(20)7-12(11)19)17(24)23-8-10(3-4-22(16)23)5-9-1-2-9/h6-7,9-10H,1-5,8,21H2. The second-order valence-corrected chi connectivity index (χ2v) is 7.22. The highest BCUT2D eigenvalue weighted by Crippen LogP contribution is 2.38. The van der Waals surface area contributed by atoms with Crippen molar-refractivity contribution in [3.63, 3.8) is 0 Å². The van der Waals surface area contributed by atoms with Crippen molar-refractivity contribution in [2.45, 2.75) is 38.8 Å². The Labute approximate surface area is 142 Å². The zero-order valence-electron chi connectivity index (χ0n) is 13.1. The van der Waals surface area contributed by atoms with E-state index in [2.05, 4.69) is 0 Å². The smallest absolute Gasteiger partial charge is 0.276 e. The molecular weight excluding hydrogens is 336 g/mol. The van der Waals surface area contributed by atoms with Crippen molar-refractivity contribution in [3.8, 4) is 11.1 Å². The van der Waals surface area contributed by atoms with Crippen LogP contribution in [0, 0.1) is 23.5 Å². The average Bonchev–Trinajstić information content (AvgIpc) is 3.32. The Morgan fingerprint density at radius 1 is 1.12 bits per heavy atom. The summed E-state index contributed by atoms with van der Waals surface area (Å²) in [5.74, 6) is -0.444. The zero-order chi connectivity index (χ0) is 17.0. The molecule has 7 heteroatoms. The first-order chi connectivity index (χ1) is 11.5. The monoisotopic (exact) mass is 353 g/mol. The van der Waals surface area contributed by atoms with Crippen molar-refractivity contribution in [2.24, 2.45) is 11.8 Å². The van der Waals surface area contributed by atoms with Gasteiger partial charge in [0.1, 0.15) is 16.8 Å². The number of fused-ring (bicyclic) bond motifs is 1. The Hall–Kier alpha value is -1.82. The largest absolute Gasteiger partial charge is 0.396 e. The summed E-state index contributed by atoms with van der Waals surface area (Å²) < 4.78 is 30.9. The number of nitrogens with two attached hydrogens (primary N) is 1. The van der Waals surface area contributed by atoms with Crippen molar-refractivity contribution >= 4 is 17.3 Å². The average molecular weight is 354 g/mol. The summed E-state index contributed by atoms with van der Waals surface area (Å²) in [5, 5.41) is 0.190. The molecule has 0 bridgehead atoms. The van der Waals surface area contributed by atoms with Crippen LogP contribution in [0.4, 0.5) is 14.5 Å². The molecule has 0 saturated heterocycles. The van der Waals surface area contributed by atoms with Crippen molar-refractivity contribution in [1.82, 2.24) is 9.36 Å². The van der Waals surface area contributed by atoms with Gasteiger partial charge in [-0.2, -0.15) is 0 Å². The molecule has 2 N–H and O–H groups in total. The predicted molar refractivity (Wildman–Crippen MR) is 88.9 cm³/mol. The number of benzene rings is 1. The van der Waals surface area contributed by atoms with Crippen molar-refractivity contribution < 1.29 is 8.78 Å². The van der Waals surface area contributed by atoms with E-state index < -0.39 is 11.6 Å². The molecule has 2 aromatic rings. The van der Waals surface area contributed by atoms with Gasteiger partial charge in [0, 0.05) is 24.7 Å². The van der Waals surface area contributed by atoms with Crippen LogP contribution >= 0.6 is 11.6 Å². The van der Waals surface area contributed by atoms with Crippen LogP contribution in [0.25, 0.3) is 11.1 Å². The van der Waals surface area contributed by atoms with E-state index in [0.717, 1.165) is 24.8 Å². The first-order valence-corrected chi connectivity index (χ1v) is 8.57. The second-order valence-electron chi connectivity index (χ2n) is 6.86. The summed E-state index contributed by atoms with van der Waals surface area (Å²) >= 11 is 6.35. The van der Waals surface area contributed by atoms with Crippen molar-refractivity contribution in [2.75, 3.05) is 5.73 Å². The summed E-state index contributed by atoms with van der Waals surface area (Å²) in [6, 6.07) is 1.83.